The van der Waals surface area contributed by atoms with Gasteiger partial charge in [-0.05, 0) is 59.9 Å². The van der Waals surface area contributed by atoms with Crippen LogP contribution in [0.1, 0.15) is 28.8 Å². The summed E-state index contributed by atoms with van der Waals surface area (Å²) in [5.74, 6) is 0.790. The van der Waals surface area contributed by atoms with Gasteiger partial charge in [0.25, 0.3) is 5.91 Å². The maximum Gasteiger partial charge on any atom is 0.255 e. The number of hydrogen-bond donors (Lipinski definition) is 2. The highest BCUT2D eigenvalue weighted by molar-refractivity contribution is 7.99. The van der Waals surface area contributed by atoms with E-state index in [4.69, 9.17) is 4.74 Å². The third-order valence-electron chi connectivity index (χ3n) is 6.44. The van der Waals surface area contributed by atoms with Crippen molar-refractivity contribution in [2.75, 3.05) is 36.7 Å². The summed E-state index contributed by atoms with van der Waals surface area (Å²) in [6.45, 7) is 2.83. The molecule has 0 unspecified atom stereocenters. The average Bonchev–Trinajstić information content (AvgIpc) is 3.33. The first-order chi connectivity index (χ1) is 16.2. The minimum Gasteiger partial charge on any atom is -0.381 e. The van der Waals surface area contributed by atoms with E-state index in [0.717, 1.165) is 49.7 Å². The molecule has 2 aliphatic rings. The third kappa shape index (κ3) is 5.08. The van der Waals surface area contributed by atoms with Gasteiger partial charge in [0.1, 0.15) is 0 Å². The smallest absolute Gasteiger partial charge is 0.255 e. The molecule has 0 saturated carbocycles. The molecule has 2 aliphatic heterocycles. The third-order valence-corrected chi connectivity index (χ3v) is 7.40. The number of piperidine rings is 1. The average molecular weight is 460 g/mol. The highest BCUT2D eigenvalue weighted by Gasteiger charge is 2.21. The van der Waals surface area contributed by atoms with E-state index in [1.165, 1.54) is 21.6 Å². The monoisotopic (exact) mass is 459 g/mol. The van der Waals surface area contributed by atoms with Crippen LogP contribution in [0.5, 0.6) is 0 Å². The zero-order valence-corrected chi connectivity index (χ0v) is 19.7. The minimum atomic E-state index is -0.0837. The fourth-order valence-electron chi connectivity index (χ4n) is 4.58. The van der Waals surface area contributed by atoms with Crippen LogP contribution in [0, 0.1) is 0 Å². The van der Waals surface area contributed by atoms with Gasteiger partial charge in [0, 0.05) is 42.9 Å². The quantitative estimate of drug-likeness (QED) is 0.496. The summed E-state index contributed by atoms with van der Waals surface area (Å²) in [4.78, 5) is 16.8. The SMILES string of the molecule is COC1CCN(Cc2cc(C(=O)Nc3ccc4c(c3)NCS4)ccc2-c2ccccc2)CC1. The number of nitrogens with zero attached hydrogens (tertiary/aromatic N) is 1. The Labute approximate surface area is 199 Å². The van der Waals surface area contributed by atoms with Crippen molar-refractivity contribution in [3.8, 4) is 11.1 Å². The number of thioether (sulfide) groups is 1. The Morgan fingerprint density at radius 1 is 1.09 bits per heavy atom. The van der Waals surface area contributed by atoms with Crippen molar-refractivity contribution in [3.63, 3.8) is 0 Å². The minimum absolute atomic E-state index is 0.0837. The maximum atomic E-state index is 13.1. The number of benzene rings is 3. The van der Waals surface area contributed by atoms with Crippen LogP contribution in [0.2, 0.25) is 0 Å². The van der Waals surface area contributed by atoms with Gasteiger partial charge in [-0.1, -0.05) is 36.4 Å². The van der Waals surface area contributed by atoms with Crippen molar-refractivity contribution < 1.29 is 9.53 Å². The largest absolute Gasteiger partial charge is 0.381 e. The molecule has 0 bridgehead atoms. The van der Waals surface area contributed by atoms with Crippen molar-refractivity contribution in [1.82, 2.24) is 4.90 Å². The van der Waals surface area contributed by atoms with Gasteiger partial charge in [0.05, 0.1) is 17.7 Å². The van der Waals surface area contributed by atoms with E-state index < -0.39 is 0 Å². The van der Waals surface area contributed by atoms with Gasteiger partial charge < -0.3 is 15.4 Å². The molecule has 5 nitrogen and oxygen atoms in total. The number of amides is 1. The fourth-order valence-corrected chi connectivity index (χ4v) is 5.41. The summed E-state index contributed by atoms with van der Waals surface area (Å²) < 4.78 is 5.53. The second-order valence-corrected chi connectivity index (χ2v) is 9.60. The van der Waals surface area contributed by atoms with Crippen molar-refractivity contribution in [1.29, 1.82) is 0 Å². The van der Waals surface area contributed by atoms with Crippen LogP contribution in [-0.4, -0.2) is 43.0 Å². The molecule has 1 fully saturated rings. The number of methoxy groups -OCH3 is 1. The lowest BCUT2D eigenvalue weighted by Crippen LogP contribution is -2.36. The molecule has 0 atom stereocenters. The highest BCUT2D eigenvalue weighted by atomic mass is 32.2. The summed E-state index contributed by atoms with van der Waals surface area (Å²) in [7, 11) is 1.80. The van der Waals surface area contributed by atoms with Gasteiger partial charge in [-0.2, -0.15) is 0 Å². The number of carbonyl (C=O) groups is 1. The second-order valence-electron chi connectivity index (χ2n) is 8.58. The molecular formula is C27H29N3O2S. The van der Waals surface area contributed by atoms with Crippen LogP contribution in [0.15, 0.2) is 71.6 Å². The van der Waals surface area contributed by atoms with Crippen molar-refractivity contribution in [3.05, 3.63) is 77.9 Å². The van der Waals surface area contributed by atoms with Gasteiger partial charge in [-0.25, -0.2) is 0 Å². The van der Waals surface area contributed by atoms with Crippen LogP contribution in [0.4, 0.5) is 11.4 Å². The first kappa shape index (κ1) is 22.0. The van der Waals surface area contributed by atoms with Crippen molar-refractivity contribution in [2.24, 2.45) is 0 Å². The molecule has 1 saturated heterocycles. The van der Waals surface area contributed by atoms with Crippen LogP contribution in [0.3, 0.4) is 0 Å². The Morgan fingerprint density at radius 2 is 1.91 bits per heavy atom. The van der Waals surface area contributed by atoms with Crippen molar-refractivity contribution in [2.45, 2.75) is 30.4 Å². The molecule has 0 spiro atoms. The number of rotatable bonds is 6. The number of ether oxygens (including phenoxy) is 1. The van der Waals surface area contributed by atoms with E-state index in [0.29, 0.717) is 11.7 Å². The lowest BCUT2D eigenvalue weighted by Gasteiger charge is -2.31. The van der Waals surface area contributed by atoms with E-state index in [1.54, 1.807) is 18.9 Å². The lowest BCUT2D eigenvalue weighted by molar-refractivity contribution is 0.0389. The van der Waals surface area contributed by atoms with Crippen LogP contribution in [0.25, 0.3) is 11.1 Å². The molecule has 6 heteroatoms. The van der Waals surface area contributed by atoms with E-state index in [2.05, 4.69) is 58.0 Å². The molecule has 5 rings (SSSR count). The molecule has 0 aliphatic carbocycles. The molecule has 0 radical (unpaired) electrons. The topological polar surface area (TPSA) is 53.6 Å². The fraction of sp³-hybridized carbons (Fsp3) is 0.296. The summed E-state index contributed by atoms with van der Waals surface area (Å²) in [6, 6.07) is 22.5. The normalized spacial score (nSPS) is 16.3. The van der Waals surface area contributed by atoms with Gasteiger partial charge in [0.15, 0.2) is 0 Å². The van der Waals surface area contributed by atoms with Gasteiger partial charge in [0.2, 0.25) is 0 Å². The molecule has 1 amide bonds. The van der Waals surface area contributed by atoms with E-state index in [9.17, 15) is 4.79 Å². The van der Waals surface area contributed by atoms with Crippen LogP contribution >= 0.6 is 11.8 Å². The Bertz CT molecular complexity index is 1130. The zero-order valence-electron chi connectivity index (χ0n) is 18.8. The molecule has 170 valence electrons. The van der Waals surface area contributed by atoms with E-state index >= 15 is 0 Å². The first-order valence-electron chi connectivity index (χ1n) is 11.4. The van der Waals surface area contributed by atoms with Crippen LogP contribution < -0.4 is 10.6 Å². The number of fused-ring (bicyclic) bond motifs is 1. The summed E-state index contributed by atoms with van der Waals surface area (Å²) in [6.07, 6.45) is 2.44. The predicted molar refractivity (Wildman–Crippen MR) is 136 cm³/mol. The maximum absolute atomic E-state index is 13.1. The zero-order chi connectivity index (χ0) is 22.6. The van der Waals surface area contributed by atoms with E-state index in [-0.39, 0.29) is 5.91 Å². The number of likely N-dealkylation sites (tertiary alicyclic amines) is 1. The standard InChI is InChI=1S/C27H29N3O2S/c1-32-23-11-13-30(14-12-23)17-21-15-20(7-9-24(21)19-5-3-2-4-6-19)27(31)29-22-8-10-26-25(16-22)28-18-33-26/h2-10,15-16,23,28H,11-14,17-18H2,1H3,(H,29,31). The first-order valence-corrected chi connectivity index (χ1v) is 12.4. The Hall–Kier alpha value is -2.80. The highest BCUT2D eigenvalue weighted by Crippen LogP contribution is 2.35. The second kappa shape index (κ2) is 10.00. The Kier molecular flexibility index (Phi) is 6.67. The lowest BCUT2D eigenvalue weighted by atomic mass is 9.96. The van der Waals surface area contributed by atoms with Gasteiger partial charge in [-0.3, -0.25) is 9.69 Å². The van der Waals surface area contributed by atoms with Gasteiger partial charge in [-0.15, -0.1) is 11.8 Å². The molecule has 0 aromatic heterocycles. The molecule has 3 aromatic rings. The summed E-state index contributed by atoms with van der Waals surface area (Å²) >= 11 is 1.77. The number of anilines is 2. The summed E-state index contributed by atoms with van der Waals surface area (Å²) in [5.41, 5.74) is 6.10. The number of hydrogen-bond acceptors (Lipinski definition) is 5. The molecule has 3 aromatic carbocycles. The van der Waals surface area contributed by atoms with Crippen molar-refractivity contribution >= 4 is 29.0 Å². The van der Waals surface area contributed by atoms with Gasteiger partial charge >= 0.3 is 0 Å². The number of carbonyl (C=O) groups excluding carboxylic acids is 1. The summed E-state index contributed by atoms with van der Waals surface area (Å²) in [5, 5.41) is 6.41. The molecule has 2 heterocycles. The Balaban J connectivity index is 1.39. The molecular weight excluding hydrogens is 430 g/mol. The van der Waals surface area contributed by atoms with E-state index in [1.807, 2.05) is 24.3 Å². The van der Waals surface area contributed by atoms with Crippen LogP contribution in [-0.2, 0) is 11.3 Å². The number of nitrogens with one attached hydrogen (secondary N) is 2. The Morgan fingerprint density at radius 3 is 2.70 bits per heavy atom. The predicted octanol–water partition coefficient (Wildman–Crippen LogP) is 5.69. The molecule has 2 N–H and O–H groups in total. The molecule has 33 heavy (non-hydrogen) atoms.